The molecule has 5 heteroatoms. The van der Waals surface area contributed by atoms with E-state index < -0.39 is 0 Å². The molecule has 1 aromatic carbocycles. The Morgan fingerprint density at radius 1 is 1.26 bits per heavy atom. The molecule has 2 rings (SSSR count). The lowest BCUT2D eigenvalue weighted by Crippen LogP contribution is -2.02. The van der Waals surface area contributed by atoms with Crippen LogP contribution >= 0.6 is 11.8 Å². The molecule has 4 nitrogen and oxygen atoms in total. The van der Waals surface area contributed by atoms with Gasteiger partial charge >= 0.3 is 5.97 Å². The van der Waals surface area contributed by atoms with Gasteiger partial charge in [-0.15, -0.1) is 11.8 Å². The molecule has 0 saturated heterocycles. The number of nitrogens with zero attached hydrogens (tertiary/aromatic N) is 1. The third-order valence-electron chi connectivity index (χ3n) is 2.47. The van der Waals surface area contributed by atoms with E-state index in [9.17, 15) is 9.90 Å². The Balaban J connectivity index is 1.96. The predicted octanol–water partition coefficient (Wildman–Crippen LogP) is 2.87. The topological polar surface area (TPSA) is 59.4 Å². The van der Waals surface area contributed by atoms with Crippen molar-refractivity contribution >= 4 is 17.7 Å². The standard InChI is InChI=1S/C14H13NO3S/c1-18-14(17)10-2-3-11(15-8-10)9-19-13-6-4-12(16)5-7-13/h2-8,16H,9H2,1H3. The highest BCUT2D eigenvalue weighted by atomic mass is 32.2. The molecule has 2 aromatic rings. The van der Waals surface area contributed by atoms with Gasteiger partial charge in [0.15, 0.2) is 0 Å². The number of pyridine rings is 1. The summed E-state index contributed by atoms with van der Waals surface area (Å²) in [6.45, 7) is 0. The second kappa shape index (κ2) is 6.24. The van der Waals surface area contributed by atoms with Crippen LogP contribution in [0.3, 0.4) is 0 Å². The average molecular weight is 275 g/mol. The first-order chi connectivity index (χ1) is 9.19. The largest absolute Gasteiger partial charge is 0.508 e. The summed E-state index contributed by atoms with van der Waals surface area (Å²) >= 11 is 1.61. The normalized spacial score (nSPS) is 10.2. The number of phenolic OH excluding ortho intramolecular Hbond substituents is 1. The summed E-state index contributed by atoms with van der Waals surface area (Å²) in [7, 11) is 1.34. The average Bonchev–Trinajstić information content (AvgIpc) is 2.46. The maximum absolute atomic E-state index is 11.2. The van der Waals surface area contributed by atoms with Gasteiger partial charge in [-0.25, -0.2) is 4.79 Å². The van der Waals surface area contributed by atoms with E-state index in [1.807, 2.05) is 12.1 Å². The SMILES string of the molecule is COC(=O)c1ccc(CSc2ccc(O)cc2)nc1. The van der Waals surface area contributed by atoms with Crippen LogP contribution in [-0.2, 0) is 10.5 Å². The highest BCUT2D eigenvalue weighted by Gasteiger charge is 2.05. The minimum atomic E-state index is -0.384. The summed E-state index contributed by atoms with van der Waals surface area (Å²) in [5, 5.41) is 9.18. The first kappa shape index (κ1) is 13.4. The van der Waals surface area contributed by atoms with E-state index in [1.54, 1.807) is 36.0 Å². The zero-order chi connectivity index (χ0) is 13.7. The molecule has 0 aliphatic rings. The lowest BCUT2D eigenvalue weighted by Gasteiger charge is -2.03. The zero-order valence-corrected chi connectivity index (χ0v) is 11.2. The van der Waals surface area contributed by atoms with Gasteiger partial charge in [0.2, 0.25) is 0 Å². The summed E-state index contributed by atoms with van der Waals surface area (Å²) in [6, 6.07) is 10.5. The molecule has 1 N–H and O–H groups in total. The highest BCUT2D eigenvalue weighted by molar-refractivity contribution is 7.98. The Morgan fingerprint density at radius 3 is 2.58 bits per heavy atom. The number of aromatic nitrogens is 1. The van der Waals surface area contributed by atoms with E-state index in [4.69, 9.17) is 0 Å². The molecule has 1 aromatic heterocycles. The van der Waals surface area contributed by atoms with Gasteiger partial charge in [0.25, 0.3) is 0 Å². The second-order valence-corrected chi connectivity index (χ2v) is 4.86. The monoisotopic (exact) mass is 275 g/mol. The number of methoxy groups -OCH3 is 1. The van der Waals surface area contributed by atoms with E-state index in [1.165, 1.54) is 13.3 Å². The van der Waals surface area contributed by atoms with Gasteiger partial charge < -0.3 is 9.84 Å². The molecule has 0 aliphatic heterocycles. The Kier molecular flexibility index (Phi) is 4.41. The zero-order valence-electron chi connectivity index (χ0n) is 10.4. The molecule has 0 bridgehead atoms. The van der Waals surface area contributed by atoms with Crippen molar-refractivity contribution in [2.75, 3.05) is 7.11 Å². The van der Waals surface area contributed by atoms with E-state index in [-0.39, 0.29) is 11.7 Å². The Bertz CT molecular complexity index is 552. The van der Waals surface area contributed by atoms with Crippen molar-refractivity contribution in [2.45, 2.75) is 10.6 Å². The molecule has 19 heavy (non-hydrogen) atoms. The fraction of sp³-hybridized carbons (Fsp3) is 0.143. The van der Waals surface area contributed by atoms with Crippen molar-refractivity contribution in [1.29, 1.82) is 0 Å². The van der Waals surface area contributed by atoms with Crippen LogP contribution in [0.2, 0.25) is 0 Å². The molecule has 1 heterocycles. The number of rotatable bonds is 4. The van der Waals surface area contributed by atoms with Crippen molar-refractivity contribution in [3.63, 3.8) is 0 Å². The number of carbonyl (C=O) groups excluding carboxylic acids is 1. The van der Waals surface area contributed by atoms with Crippen LogP contribution in [0.1, 0.15) is 16.1 Å². The van der Waals surface area contributed by atoms with Gasteiger partial charge in [0.05, 0.1) is 18.4 Å². The number of ether oxygens (including phenoxy) is 1. The molecule has 0 atom stereocenters. The molecule has 0 aliphatic carbocycles. The molecule has 0 saturated carbocycles. The van der Waals surface area contributed by atoms with Gasteiger partial charge in [-0.1, -0.05) is 0 Å². The molecule has 0 amide bonds. The third-order valence-corrected chi connectivity index (χ3v) is 3.51. The van der Waals surface area contributed by atoms with Crippen LogP contribution in [0.15, 0.2) is 47.5 Å². The van der Waals surface area contributed by atoms with Gasteiger partial charge in [0.1, 0.15) is 5.75 Å². The van der Waals surface area contributed by atoms with Gasteiger partial charge in [-0.2, -0.15) is 0 Å². The van der Waals surface area contributed by atoms with Crippen LogP contribution in [-0.4, -0.2) is 23.2 Å². The van der Waals surface area contributed by atoms with E-state index in [0.717, 1.165) is 10.6 Å². The van der Waals surface area contributed by atoms with Crippen LogP contribution in [0.25, 0.3) is 0 Å². The molecule has 0 radical (unpaired) electrons. The van der Waals surface area contributed by atoms with Gasteiger partial charge in [-0.3, -0.25) is 4.98 Å². The molecule has 0 unspecified atom stereocenters. The quantitative estimate of drug-likeness (QED) is 0.686. The summed E-state index contributed by atoms with van der Waals surface area (Å²) in [5.74, 6) is 0.571. The second-order valence-electron chi connectivity index (χ2n) is 3.81. The van der Waals surface area contributed by atoms with Crippen LogP contribution in [0.4, 0.5) is 0 Å². The summed E-state index contributed by atoms with van der Waals surface area (Å²) < 4.78 is 4.61. The van der Waals surface area contributed by atoms with Crippen LogP contribution in [0.5, 0.6) is 5.75 Å². The smallest absolute Gasteiger partial charge is 0.339 e. The lowest BCUT2D eigenvalue weighted by atomic mass is 10.2. The number of hydrogen-bond donors (Lipinski definition) is 1. The number of esters is 1. The van der Waals surface area contributed by atoms with Gasteiger partial charge in [0, 0.05) is 16.8 Å². The number of benzene rings is 1. The van der Waals surface area contributed by atoms with Crippen molar-refractivity contribution in [2.24, 2.45) is 0 Å². The third kappa shape index (κ3) is 3.72. The Hall–Kier alpha value is -2.01. The fourth-order valence-corrected chi connectivity index (χ4v) is 2.26. The van der Waals surface area contributed by atoms with E-state index >= 15 is 0 Å². The maximum atomic E-state index is 11.2. The van der Waals surface area contributed by atoms with Crippen molar-refractivity contribution < 1.29 is 14.6 Å². The molecule has 0 spiro atoms. The number of thioether (sulfide) groups is 1. The number of hydrogen-bond acceptors (Lipinski definition) is 5. The first-order valence-corrected chi connectivity index (χ1v) is 6.62. The minimum Gasteiger partial charge on any atom is -0.508 e. The van der Waals surface area contributed by atoms with Crippen molar-refractivity contribution in [1.82, 2.24) is 4.98 Å². The summed E-state index contributed by atoms with van der Waals surface area (Å²) in [4.78, 5) is 16.5. The van der Waals surface area contributed by atoms with Crippen LogP contribution < -0.4 is 0 Å². The number of phenols is 1. The highest BCUT2D eigenvalue weighted by Crippen LogP contribution is 2.23. The Labute approximate surface area is 115 Å². The molecule has 0 fully saturated rings. The van der Waals surface area contributed by atoms with Crippen molar-refractivity contribution in [3.05, 3.63) is 53.9 Å². The van der Waals surface area contributed by atoms with Crippen molar-refractivity contribution in [3.8, 4) is 5.75 Å². The Morgan fingerprint density at radius 2 is 2.00 bits per heavy atom. The minimum absolute atomic E-state index is 0.255. The lowest BCUT2D eigenvalue weighted by molar-refractivity contribution is 0.0600. The molecule has 98 valence electrons. The predicted molar refractivity (Wildman–Crippen MR) is 73.2 cm³/mol. The van der Waals surface area contributed by atoms with E-state index in [2.05, 4.69) is 9.72 Å². The molecular formula is C14H13NO3S. The summed E-state index contributed by atoms with van der Waals surface area (Å²) in [6.07, 6.45) is 1.51. The van der Waals surface area contributed by atoms with Crippen LogP contribution in [0, 0.1) is 0 Å². The molecular weight excluding hydrogens is 262 g/mol. The summed E-state index contributed by atoms with van der Waals surface area (Å²) in [5.41, 5.74) is 1.33. The maximum Gasteiger partial charge on any atom is 0.339 e. The fourth-order valence-electron chi connectivity index (χ4n) is 1.45. The van der Waals surface area contributed by atoms with Gasteiger partial charge in [-0.05, 0) is 36.4 Å². The number of carbonyl (C=O) groups is 1. The number of aromatic hydroxyl groups is 1. The first-order valence-electron chi connectivity index (χ1n) is 5.64. The van der Waals surface area contributed by atoms with E-state index in [0.29, 0.717) is 11.3 Å².